The second kappa shape index (κ2) is 7.11. The summed E-state index contributed by atoms with van der Waals surface area (Å²) < 4.78 is 3.42. The molecule has 136 valence electrons. The second-order valence-electron chi connectivity index (χ2n) is 6.77. The molecule has 1 aliphatic rings. The van der Waals surface area contributed by atoms with Crippen LogP contribution in [0.1, 0.15) is 37.1 Å². The Hall–Kier alpha value is -2.34. The predicted octanol–water partition coefficient (Wildman–Crippen LogP) is 3.64. The smallest absolute Gasteiger partial charge is 0.329 e. The van der Waals surface area contributed by atoms with Crippen molar-refractivity contribution in [2.24, 2.45) is 0 Å². The Morgan fingerprint density at radius 1 is 1.15 bits per heavy atom. The van der Waals surface area contributed by atoms with E-state index in [1.807, 2.05) is 35.2 Å². The van der Waals surface area contributed by atoms with Crippen LogP contribution in [0.3, 0.4) is 0 Å². The molecule has 6 heteroatoms. The van der Waals surface area contributed by atoms with E-state index in [0.29, 0.717) is 6.54 Å². The van der Waals surface area contributed by atoms with Crippen LogP contribution >= 0.6 is 11.3 Å². The molecule has 4 rings (SSSR count). The van der Waals surface area contributed by atoms with Crippen molar-refractivity contribution in [1.29, 1.82) is 0 Å². The number of thiophene rings is 1. The summed E-state index contributed by atoms with van der Waals surface area (Å²) in [6.45, 7) is 3.60. The number of imidazole rings is 1. The van der Waals surface area contributed by atoms with Gasteiger partial charge in [-0.3, -0.25) is 13.9 Å². The monoisotopic (exact) mass is 369 g/mol. The van der Waals surface area contributed by atoms with Crippen LogP contribution in [0.2, 0.25) is 0 Å². The fourth-order valence-electron chi connectivity index (χ4n) is 3.93. The molecule has 0 saturated carbocycles. The van der Waals surface area contributed by atoms with E-state index in [1.54, 1.807) is 20.5 Å². The molecular formula is C20H23N3O2S. The Kier molecular flexibility index (Phi) is 4.68. The molecule has 1 aromatic carbocycles. The number of aryl methyl sites for hydroxylation is 1. The van der Waals surface area contributed by atoms with Crippen LogP contribution in [-0.2, 0) is 17.9 Å². The highest BCUT2D eigenvalue weighted by atomic mass is 32.1. The van der Waals surface area contributed by atoms with Gasteiger partial charge in [0.1, 0.15) is 6.54 Å². The third-order valence-electron chi connectivity index (χ3n) is 5.11. The Labute approximate surface area is 156 Å². The number of benzene rings is 1. The minimum atomic E-state index is -0.0896. The third kappa shape index (κ3) is 2.88. The molecule has 1 fully saturated rings. The Bertz CT molecular complexity index is 971. The molecule has 0 N–H and O–H groups in total. The fourth-order valence-corrected chi connectivity index (χ4v) is 4.81. The van der Waals surface area contributed by atoms with Gasteiger partial charge >= 0.3 is 5.69 Å². The van der Waals surface area contributed by atoms with Crippen molar-refractivity contribution in [3.63, 3.8) is 0 Å². The Balaban J connectivity index is 1.66. The average Bonchev–Trinajstić information content (AvgIpc) is 3.38. The molecule has 0 spiro atoms. The third-order valence-corrected chi connectivity index (χ3v) is 6.08. The van der Waals surface area contributed by atoms with E-state index in [1.165, 1.54) is 4.88 Å². The molecule has 1 atom stereocenters. The molecule has 2 aromatic heterocycles. The van der Waals surface area contributed by atoms with Gasteiger partial charge in [0.15, 0.2) is 0 Å². The maximum absolute atomic E-state index is 13.0. The molecule has 1 amide bonds. The highest BCUT2D eigenvalue weighted by Crippen LogP contribution is 2.34. The van der Waals surface area contributed by atoms with Crippen molar-refractivity contribution < 1.29 is 4.79 Å². The fraction of sp³-hybridized carbons (Fsp3) is 0.400. The number of rotatable bonds is 5. The number of carbonyl (C=O) groups is 1. The number of aromatic nitrogens is 2. The van der Waals surface area contributed by atoms with Crippen molar-refractivity contribution in [3.8, 4) is 0 Å². The van der Waals surface area contributed by atoms with Gasteiger partial charge in [-0.1, -0.05) is 25.1 Å². The first-order chi connectivity index (χ1) is 12.7. The molecule has 0 aliphatic carbocycles. The maximum atomic E-state index is 13.0. The van der Waals surface area contributed by atoms with E-state index < -0.39 is 0 Å². The van der Waals surface area contributed by atoms with E-state index in [9.17, 15) is 9.59 Å². The van der Waals surface area contributed by atoms with Gasteiger partial charge in [0, 0.05) is 18.0 Å². The molecule has 26 heavy (non-hydrogen) atoms. The minimum Gasteiger partial charge on any atom is -0.333 e. The molecule has 1 saturated heterocycles. The first kappa shape index (κ1) is 17.1. The predicted molar refractivity (Wildman–Crippen MR) is 104 cm³/mol. The summed E-state index contributed by atoms with van der Waals surface area (Å²) in [5.74, 6) is 0.0300. The van der Waals surface area contributed by atoms with Crippen LogP contribution in [0, 0.1) is 0 Å². The highest BCUT2D eigenvalue weighted by molar-refractivity contribution is 7.10. The standard InChI is InChI=1S/C20H23N3O2S/c1-2-11-22-15-7-3-4-8-16(15)23(20(22)25)14-19(24)21-12-5-9-17(21)18-10-6-13-26-18/h3-4,6-8,10,13,17H,2,5,9,11-12,14H2,1H3. The Morgan fingerprint density at radius 2 is 1.92 bits per heavy atom. The number of likely N-dealkylation sites (tertiary alicyclic amines) is 1. The molecule has 1 unspecified atom stereocenters. The molecular weight excluding hydrogens is 346 g/mol. The zero-order valence-corrected chi connectivity index (χ0v) is 15.7. The van der Waals surface area contributed by atoms with Crippen LogP contribution in [0.25, 0.3) is 11.0 Å². The number of hydrogen-bond acceptors (Lipinski definition) is 3. The summed E-state index contributed by atoms with van der Waals surface area (Å²) in [7, 11) is 0. The van der Waals surface area contributed by atoms with E-state index in [4.69, 9.17) is 0 Å². The van der Waals surface area contributed by atoms with Gasteiger partial charge in [-0.15, -0.1) is 11.3 Å². The number of para-hydroxylation sites is 2. The van der Waals surface area contributed by atoms with E-state index in [2.05, 4.69) is 18.4 Å². The van der Waals surface area contributed by atoms with Crippen LogP contribution in [-0.4, -0.2) is 26.5 Å². The number of fused-ring (bicyclic) bond motifs is 1. The minimum absolute atomic E-state index is 0.0300. The first-order valence-corrected chi connectivity index (χ1v) is 10.1. The van der Waals surface area contributed by atoms with Gasteiger partial charge in [0.25, 0.3) is 0 Å². The summed E-state index contributed by atoms with van der Waals surface area (Å²) in [6.07, 6.45) is 2.90. The summed E-state index contributed by atoms with van der Waals surface area (Å²) in [6, 6.07) is 12.0. The quantitative estimate of drug-likeness (QED) is 0.689. The van der Waals surface area contributed by atoms with Crippen LogP contribution in [0.5, 0.6) is 0 Å². The lowest BCUT2D eigenvalue weighted by Gasteiger charge is -2.24. The number of nitrogens with zero attached hydrogens (tertiary/aromatic N) is 3. The Morgan fingerprint density at radius 3 is 2.62 bits per heavy atom. The molecule has 3 heterocycles. The average molecular weight is 369 g/mol. The first-order valence-electron chi connectivity index (χ1n) is 9.21. The molecule has 5 nitrogen and oxygen atoms in total. The van der Waals surface area contributed by atoms with Gasteiger partial charge in [0.2, 0.25) is 5.91 Å². The van der Waals surface area contributed by atoms with E-state index in [0.717, 1.165) is 36.8 Å². The topological polar surface area (TPSA) is 47.2 Å². The highest BCUT2D eigenvalue weighted by Gasteiger charge is 2.31. The summed E-state index contributed by atoms with van der Waals surface area (Å²) in [4.78, 5) is 29.1. The molecule has 0 bridgehead atoms. The molecule has 1 aliphatic heterocycles. The van der Waals surface area contributed by atoms with Crippen molar-refractivity contribution >= 4 is 28.3 Å². The summed E-state index contributed by atoms with van der Waals surface area (Å²) >= 11 is 1.70. The lowest BCUT2D eigenvalue weighted by Crippen LogP contribution is -2.36. The maximum Gasteiger partial charge on any atom is 0.329 e. The lowest BCUT2D eigenvalue weighted by atomic mass is 10.2. The van der Waals surface area contributed by atoms with Crippen molar-refractivity contribution in [2.75, 3.05) is 6.54 Å². The van der Waals surface area contributed by atoms with E-state index >= 15 is 0 Å². The zero-order valence-electron chi connectivity index (χ0n) is 14.9. The van der Waals surface area contributed by atoms with Crippen molar-refractivity contribution in [2.45, 2.75) is 45.3 Å². The van der Waals surface area contributed by atoms with Gasteiger partial charge in [-0.25, -0.2) is 4.79 Å². The van der Waals surface area contributed by atoms with Crippen molar-refractivity contribution in [1.82, 2.24) is 14.0 Å². The number of amides is 1. The summed E-state index contributed by atoms with van der Waals surface area (Å²) in [5.41, 5.74) is 1.66. The zero-order chi connectivity index (χ0) is 18.1. The van der Waals surface area contributed by atoms with Crippen LogP contribution < -0.4 is 5.69 Å². The van der Waals surface area contributed by atoms with Gasteiger partial charge in [0.05, 0.1) is 17.1 Å². The normalized spacial score (nSPS) is 17.3. The molecule has 3 aromatic rings. The van der Waals surface area contributed by atoms with Crippen LogP contribution in [0.15, 0.2) is 46.6 Å². The van der Waals surface area contributed by atoms with Crippen LogP contribution in [0.4, 0.5) is 0 Å². The SMILES string of the molecule is CCCn1c(=O)n(CC(=O)N2CCCC2c2cccs2)c2ccccc21. The second-order valence-corrected chi connectivity index (χ2v) is 7.75. The number of carbonyl (C=O) groups excluding carboxylic acids is 1. The summed E-state index contributed by atoms with van der Waals surface area (Å²) in [5, 5.41) is 2.05. The van der Waals surface area contributed by atoms with Gasteiger partial charge in [-0.2, -0.15) is 0 Å². The van der Waals surface area contributed by atoms with Gasteiger partial charge in [-0.05, 0) is 42.8 Å². The largest absolute Gasteiger partial charge is 0.333 e. The lowest BCUT2D eigenvalue weighted by molar-refractivity contribution is -0.132. The van der Waals surface area contributed by atoms with Crippen molar-refractivity contribution in [3.05, 3.63) is 57.1 Å². The molecule has 0 radical (unpaired) electrons. The van der Waals surface area contributed by atoms with Gasteiger partial charge < -0.3 is 4.90 Å². The number of hydrogen-bond donors (Lipinski definition) is 0. The van der Waals surface area contributed by atoms with E-state index in [-0.39, 0.29) is 24.2 Å².